The van der Waals surface area contributed by atoms with Crippen LogP contribution >= 0.6 is 11.8 Å². The molecule has 23 heavy (non-hydrogen) atoms. The Balaban J connectivity index is 1.81. The average Bonchev–Trinajstić information content (AvgIpc) is 2.54. The minimum absolute atomic E-state index is 0.102. The largest absolute Gasteiger partial charge is 0.480 e. The summed E-state index contributed by atoms with van der Waals surface area (Å²) in [5, 5.41) is 15.0. The number of carbonyl (C=O) groups is 3. The maximum absolute atomic E-state index is 12.5. The number of benzene rings is 1. The van der Waals surface area contributed by atoms with Gasteiger partial charge in [-0.2, -0.15) is 0 Å². The van der Waals surface area contributed by atoms with E-state index in [1.165, 1.54) is 11.8 Å². The molecule has 1 aromatic carbocycles. The lowest BCUT2D eigenvalue weighted by atomic mass is 9.81. The van der Waals surface area contributed by atoms with Gasteiger partial charge in [0.1, 0.15) is 5.54 Å². The van der Waals surface area contributed by atoms with E-state index in [4.69, 9.17) is 0 Å². The van der Waals surface area contributed by atoms with Gasteiger partial charge in [0.05, 0.1) is 11.4 Å². The minimum Gasteiger partial charge on any atom is -0.480 e. The Morgan fingerprint density at radius 2 is 1.96 bits per heavy atom. The van der Waals surface area contributed by atoms with Crippen molar-refractivity contribution in [2.75, 3.05) is 11.1 Å². The van der Waals surface area contributed by atoms with Crippen LogP contribution in [0.25, 0.3) is 0 Å². The Hall–Kier alpha value is -2.02. The summed E-state index contributed by atoms with van der Waals surface area (Å²) in [5.41, 5.74) is -0.215. The number of carbonyl (C=O) groups excluding carboxylic acids is 2. The van der Waals surface area contributed by atoms with Crippen LogP contribution in [-0.2, 0) is 9.59 Å². The summed E-state index contributed by atoms with van der Waals surface area (Å²) in [6.07, 6.45) is 3.48. The molecule has 0 radical (unpaired) electrons. The number of hydrogen-bond acceptors (Lipinski definition) is 4. The lowest BCUT2D eigenvalue weighted by Gasteiger charge is -2.34. The maximum Gasteiger partial charge on any atom is 0.329 e. The molecule has 122 valence electrons. The summed E-state index contributed by atoms with van der Waals surface area (Å²) < 4.78 is 0. The molecular formula is C16H18N2O4S. The molecule has 6 nitrogen and oxygen atoms in total. The topological polar surface area (TPSA) is 95.5 Å². The molecule has 3 rings (SSSR count). The molecule has 1 saturated carbocycles. The minimum atomic E-state index is -1.18. The predicted octanol–water partition coefficient (Wildman–Crippen LogP) is 2.25. The first-order valence-electron chi connectivity index (χ1n) is 7.63. The third-order valence-corrected chi connectivity index (χ3v) is 5.42. The zero-order valence-corrected chi connectivity index (χ0v) is 13.4. The van der Waals surface area contributed by atoms with Gasteiger partial charge in [0, 0.05) is 10.5 Å². The van der Waals surface area contributed by atoms with Gasteiger partial charge >= 0.3 is 5.97 Å². The number of hydrogen-bond donors (Lipinski definition) is 3. The number of carboxylic acid groups (broad SMARTS) is 1. The molecule has 1 aliphatic carbocycles. The normalized spacial score (nSPS) is 19.4. The van der Waals surface area contributed by atoms with Crippen molar-refractivity contribution >= 4 is 35.2 Å². The van der Waals surface area contributed by atoms with Gasteiger partial charge in [0.25, 0.3) is 5.91 Å². The maximum atomic E-state index is 12.5. The lowest BCUT2D eigenvalue weighted by Crippen LogP contribution is -2.55. The van der Waals surface area contributed by atoms with E-state index in [2.05, 4.69) is 10.6 Å². The van der Waals surface area contributed by atoms with Crippen molar-refractivity contribution in [2.24, 2.45) is 0 Å². The van der Waals surface area contributed by atoms with Crippen molar-refractivity contribution in [3.8, 4) is 0 Å². The number of amides is 2. The fraction of sp³-hybridized carbons (Fsp3) is 0.438. The van der Waals surface area contributed by atoms with Gasteiger partial charge in [-0.3, -0.25) is 9.59 Å². The second-order valence-electron chi connectivity index (χ2n) is 5.95. The molecule has 0 aromatic heterocycles. The Kier molecular flexibility index (Phi) is 4.30. The van der Waals surface area contributed by atoms with E-state index in [1.807, 2.05) is 0 Å². The number of aliphatic carboxylic acids is 1. The van der Waals surface area contributed by atoms with E-state index >= 15 is 0 Å². The Morgan fingerprint density at radius 1 is 1.22 bits per heavy atom. The van der Waals surface area contributed by atoms with Crippen LogP contribution in [-0.4, -0.2) is 34.2 Å². The van der Waals surface area contributed by atoms with Crippen molar-refractivity contribution < 1.29 is 19.5 Å². The van der Waals surface area contributed by atoms with Crippen molar-refractivity contribution in [3.05, 3.63) is 23.8 Å². The highest BCUT2D eigenvalue weighted by Crippen LogP contribution is 2.33. The fourth-order valence-corrected chi connectivity index (χ4v) is 3.85. The summed E-state index contributed by atoms with van der Waals surface area (Å²) in [6.45, 7) is 0. The van der Waals surface area contributed by atoms with Crippen molar-refractivity contribution in [2.45, 2.75) is 42.5 Å². The molecule has 3 N–H and O–H groups in total. The number of nitrogens with one attached hydrogen (secondary N) is 2. The van der Waals surface area contributed by atoms with Crippen molar-refractivity contribution in [1.82, 2.24) is 5.32 Å². The van der Waals surface area contributed by atoms with Crippen LogP contribution in [0.5, 0.6) is 0 Å². The van der Waals surface area contributed by atoms with Crippen LogP contribution in [0.15, 0.2) is 23.1 Å². The third-order valence-electron chi connectivity index (χ3n) is 4.34. The number of anilines is 1. The van der Waals surface area contributed by atoms with Gasteiger partial charge in [-0.15, -0.1) is 11.8 Å². The zero-order valence-electron chi connectivity index (χ0n) is 12.6. The molecule has 0 spiro atoms. The van der Waals surface area contributed by atoms with E-state index in [0.717, 1.165) is 24.2 Å². The van der Waals surface area contributed by atoms with Crippen molar-refractivity contribution in [3.63, 3.8) is 0 Å². The van der Waals surface area contributed by atoms with Crippen LogP contribution in [0, 0.1) is 0 Å². The van der Waals surface area contributed by atoms with Crippen LogP contribution in [0.1, 0.15) is 42.5 Å². The summed E-state index contributed by atoms with van der Waals surface area (Å²) >= 11 is 1.42. The van der Waals surface area contributed by atoms with E-state index in [9.17, 15) is 19.5 Å². The molecule has 1 aliphatic heterocycles. The quantitative estimate of drug-likeness (QED) is 0.788. The Morgan fingerprint density at radius 3 is 2.65 bits per heavy atom. The van der Waals surface area contributed by atoms with Crippen LogP contribution in [0.2, 0.25) is 0 Å². The number of rotatable bonds is 3. The van der Waals surface area contributed by atoms with E-state index in [0.29, 0.717) is 29.8 Å². The van der Waals surface area contributed by atoms with Crippen LogP contribution in [0.3, 0.4) is 0 Å². The smallest absolute Gasteiger partial charge is 0.329 e. The molecule has 0 saturated heterocycles. The highest BCUT2D eigenvalue weighted by Gasteiger charge is 2.41. The highest BCUT2D eigenvalue weighted by molar-refractivity contribution is 8.00. The van der Waals surface area contributed by atoms with Gasteiger partial charge in [0.2, 0.25) is 5.91 Å². The molecule has 0 unspecified atom stereocenters. The van der Waals surface area contributed by atoms with E-state index in [-0.39, 0.29) is 5.91 Å². The monoisotopic (exact) mass is 334 g/mol. The molecule has 2 amide bonds. The van der Waals surface area contributed by atoms with Gasteiger partial charge in [-0.05, 0) is 31.0 Å². The number of carboxylic acids is 1. The molecule has 1 fully saturated rings. The SMILES string of the molecule is O=C1CSc2ccc(C(=O)NC3(C(=O)O)CCCCC3)cc2N1. The molecule has 1 aromatic rings. The summed E-state index contributed by atoms with van der Waals surface area (Å²) in [7, 11) is 0. The summed E-state index contributed by atoms with van der Waals surface area (Å²) in [5.74, 6) is -1.13. The third kappa shape index (κ3) is 3.19. The standard InChI is InChI=1S/C16H18N2O4S/c19-13-9-23-12-5-4-10(8-11(12)17-13)14(20)18-16(15(21)22)6-2-1-3-7-16/h4-5,8H,1-3,6-7,9H2,(H,17,19)(H,18,20)(H,21,22). The van der Waals surface area contributed by atoms with Gasteiger partial charge < -0.3 is 15.7 Å². The number of fused-ring (bicyclic) bond motifs is 1. The van der Waals surface area contributed by atoms with Gasteiger partial charge in [0.15, 0.2) is 0 Å². The second-order valence-corrected chi connectivity index (χ2v) is 6.97. The van der Waals surface area contributed by atoms with Gasteiger partial charge in [-0.1, -0.05) is 19.3 Å². The summed E-state index contributed by atoms with van der Waals surface area (Å²) in [6, 6.07) is 5.05. The Bertz CT molecular complexity index is 668. The molecule has 0 bridgehead atoms. The Labute approximate surface area is 138 Å². The lowest BCUT2D eigenvalue weighted by molar-refractivity contribution is -0.145. The van der Waals surface area contributed by atoms with Crippen LogP contribution in [0.4, 0.5) is 5.69 Å². The van der Waals surface area contributed by atoms with E-state index < -0.39 is 17.4 Å². The highest BCUT2D eigenvalue weighted by atomic mass is 32.2. The molecule has 2 aliphatic rings. The molecule has 1 heterocycles. The van der Waals surface area contributed by atoms with Gasteiger partial charge in [-0.25, -0.2) is 4.79 Å². The van der Waals surface area contributed by atoms with Crippen molar-refractivity contribution in [1.29, 1.82) is 0 Å². The van der Waals surface area contributed by atoms with Crippen LogP contribution < -0.4 is 10.6 Å². The first kappa shape index (κ1) is 15.9. The molecule has 7 heteroatoms. The summed E-state index contributed by atoms with van der Waals surface area (Å²) in [4.78, 5) is 36.5. The molecule has 0 atom stereocenters. The molecular weight excluding hydrogens is 316 g/mol. The zero-order chi connectivity index (χ0) is 16.4. The van der Waals surface area contributed by atoms with E-state index in [1.54, 1.807) is 18.2 Å². The first-order valence-corrected chi connectivity index (χ1v) is 8.61. The average molecular weight is 334 g/mol. The number of thioether (sulfide) groups is 1. The second kappa shape index (κ2) is 6.23. The first-order chi connectivity index (χ1) is 11.0. The predicted molar refractivity (Wildman–Crippen MR) is 86.7 cm³/mol. The fourth-order valence-electron chi connectivity index (χ4n) is 3.06.